The molecule has 2 rings (SSSR count). The Morgan fingerprint density at radius 2 is 2.46 bits per heavy atom. The number of carbonyl (C=O) groups is 1. The summed E-state index contributed by atoms with van der Waals surface area (Å²) in [6.45, 7) is 2.48. The number of hydrogen-bond acceptors (Lipinski definition) is 4. The minimum Gasteiger partial charge on any atom is -0.313 e. The molecule has 4 nitrogen and oxygen atoms in total. The van der Waals surface area contributed by atoms with Crippen LogP contribution in [-0.4, -0.2) is 29.4 Å². The Balaban J connectivity index is 2.33. The Bertz CT molecular complexity index is 363. The van der Waals surface area contributed by atoms with Crippen molar-refractivity contribution in [1.82, 2.24) is 4.90 Å². The van der Waals surface area contributed by atoms with Gasteiger partial charge in [-0.15, -0.1) is 0 Å². The van der Waals surface area contributed by atoms with E-state index in [-0.39, 0.29) is 0 Å². The predicted molar refractivity (Wildman–Crippen MR) is 50.5 cm³/mol. The van der Waals surface area contributed by atoms with Crippen LogP contribution in [0.5, 0.6) is 0 Å². The average molecular weight is 175 g/mol. The summed E-state index contributed by atoms with van der Waals surface area (Å²) < 4.78 is 0. The number of guanidine groups is 1. The first-order chi connectivity index (χ1) is 6.29. The summed E-state index contributed by atoms with van der Waals surface area (Å²) in [4.78, 5) is 20.6. The largest absolute Gasteiger partial charge is 0.313 e. The molecule has 0 unspecified atom stereocenters. The molecule has 0 aromatic carbocycles. The molecule has 0 aromatic rings. The first kappa shape index (κ1) is 7.91. The molecular weight excluding hydrogens is 166 g/mol. The van der Waals surface area contributed by atoms with Crippen molar-refractivity contribution in [1.29, 1.82) is 0 Å². The van der Waals surface area contributed by atoms with Gasteiger partial charge in [-0.25, -0.2) is 9.98 Å². The summed E-state index contributed by atoms with van der Waals surface area (Å²) in [5, 5.41) is 0. The van der Waals surface area contributed by atoms with Crippen LogP contribution < -0.4 is 0 Å². The Morgan fingerprint density at radius 3 is 3.23 bits per heavy atom. The predicted octanol–water partition coefficient (Wildman–Crippen LogP) is 0.729. The molecule has 4 heteroatoms. The van der Waals surface area contributed by atoms with Crippen LogP contribution in [0.25, 0.3) is 0 Å². The van der Waals surface area contributed by atoms with Gasteiger partial charge in [-0.05, 0) is 13.0 Å². The molecule has 0 amide bonds. The summed E-state index contributed by atoms with van der Waals surface area (Å²) in [6, 6.07) is 0. The van der Waals surface area contributed by atoms with Gasteiger partial charge in [0.1, 0.15) is 6.29 Å². The van der Waals surface area contributed by atoms with E-state index in [0.717, 1.165) is 12.0 Å². The van der Waals surface area contributed by atoms with E-state index in [1.165, 1.54) is 0 Å². The van der Waals surface area contributed by atoms with Crippen LogP contribution >= 0.6 is 0 Å². The quantitative estimate of drug-likeness (QED) is 0.551. The molecule has 13 heavy (non-hydrogen) atoms. The highest BCUT2D eigenvalue weighted by Gasteiger charge is 2.16. The number of rotatable bonds is 1. The number of aldehydes is 1. The molecule has 2 aliphatic heterocycles. The maximum atomic E-state index is 10.5. The third-order valence-electron chi connectivity index (χ3n) is 1.88. The summed E-state index contributed by atoms with van der Waals surface area (Å²) in [7, 11) is 0. The molecule has 0 radical (unpaired) electrons. The van der Waals surface area contributed by atoms with Crippen molar-refractivity contribution in [3.05, 3.63) is 24.0 Å². The van der Waals surface area contributed by atoms with Crippen molar-refractivity contribution in [2.75, 3.05) is 6.54 Å². The van der Waals surface area contributed by atoms with Crippen molar-refractivity contribution in [2.24, 2.45) is 9.98 Å². The van der Waals surface area contributed by atoms with Crippen LogP contribution in [0.1, 0.15) is 6.92 Å². The van der Waals surface area contributed by atoms with E-state index in [9.17, 15) is 4.79 Å². The topological polar surface area (TPSA) is 45.0 Å². The van der Waals surface area contributed by atoms with Crippen molar-refractivity contribution in [2.45, 2.75) is 6.92 Å². The highest BCUT2D eigenvalue weighted by Crippen LogP contribution is 2.11. The highest BCUT2D eigenvalue weighted by atomic mass is 16.1. The zero-order valence-corrected chi connectivity index (χ0v) is 7.27. The van der Waals surface area contributed by atoms with Gasteiger partial charge in [0, 0.05) is 23.7 Å². The minimum atomic E-state index is 0.565. The summed E-state index contributed by atoms with van der Waals surface area (Å²) >= 11 is 0. The van der Waals surface area contributed by atoms with Crippen molar-refractivity contribution in [3.8, 4) is 0 Å². The van der Waals surface area contributed by atoms with Gasteiger partial charge in [0.25, 0.3) is 0 Å². The Labute approximate surface area is 76.0 Å². The van der Waals surface area contributed by atoms with Crippen LogP contribution in [-0.2, 0) is 4.79 Å². The van der Waals surface area contributed by atoms with Crippen molar-refractivity contribution < 1.29 is 4.79 Å². The first-order valence-corrected chi connectivity index (χ1v) is 4.02. The van der Waals surface area contributed by atoms with Crippen LogP contribution in [0.2, 0.25) is 0 Å². The molecule has 0 saturated heterocycles. The van der Waals surface area contributed by atoms with Crippen molar-refractivity contribution >= 4 is 18.0 Å². The monoisotopic (exact) mass is 175 g/mol. The molecule has 0 aromatic heterocycles. The number of aliphatic imine (C=N–C) groups is 2. The second-order valence-electron chi connectivity index (χ2n) is 2.95. The molecule has 0 N–H and O–H groups in total. The lowest BCUT2D eigenvalue weighted by atomic mass is 10.2. The van der Waals surface area contributed by atoms with Gasteiger partial charge in [0.05, 0.1) is 6.54 Å². The van der Waals surface area contributed by atoms with Gasteiger partial charge in [0.2, 0.25) is 5.96 Å². The zero-order chi connectivity index (χ0) is 9.26. The van der Waals surface area contributed by atoms with Gasteiger partial charge in [-0.1, -0.05) is 0 Å². The fourth-order valence-electron chi connectivity index (χ4n) is 1.20. The number of hydrogen-bond donors (Lipinski definition) is 0. The van der Waals surface area contributed by atoms with Crippen LogP contribution in [0.15, 0.2) is 34.0 Å². The maximum Gasteiger partial charge on any atom is 0.229 e. The standard InChI is InChI=1S/C9H9N3O/c1-7-2-3-12-5-8(6-13)4-10-9(12)11-7/h2-4,6H,5H2,1H3. The van der Waals surface area contributed by atoms with E-state index in [2.05, 4.69) is 9.98 Å². The SMILES string of the molecule is CC1=NC2=NC=C(C=O)CN2C=C1. The summed E-state index contributed by atoms with van der Waals surface area (Å²) in [5.74, 6) is 0.658. The van der Waals surface area contributed by atoms with E-state index < -0.39 is 0 Å². The van der Waals surface area contributed by atoms with Crippen LogP contribution in [0, 0.1) is 0 Å². The average Bonchev–Trinajstić information content (AvgIpc) is 2.17. The van der Waals surface area contributed by atoms with Gasteiger partial charge in [0.15, 0.2) is 0 Å². The van der Waals surface area contributed by atoms with E-state index in [0.29, 0.717) is 18.1 Å². The summed E-state index contributed by atoms with van der Waals surface area (Å²) in [6.07, 6.45) is 6.17. The molecule has 0 fully saturated rings. The Hall–Kier alpha value is -1.71. The molecule has 2 heterocycles. The minimum absolute atomic E-state index is 0.565. The van der Waals surface area contributed by atoms with E-state index >= 15 is 0 Å². The maximum absolute atomic E-state index is 10.5. The lowest BCUT2D eigenvalue weighted by Crippen LogP contribution is -2.31. The second kappa shape index (κ2) is 2.97. The molecule has 2 aliphatic rings. The molecule has 0 spiro atoms. The zero-order valence-electron chi connectivity index (χ0n) is 7.27. The first-order valence-electron chi connectivity index (χ1n) is 4.02. The molecule has 0 saturated carbocycles. The van der Waals surface area contributed by atoms with E-state index in [4.69, 9.17) is 0 Å². The fraction of sp³-hybridized carbons (Fsp3) is 0.222. The number of fused-ring (bicyclic) bond motifs is 1. The summed E-state index contributed by atoms with van der Waals surface area (Å²) in [5.41, 5.74) is 1.60. The highest BCUT2D eigenvalue weighted by molar-refractivity contribution is 6.05. The second-order valence-corrected chi connectivity index (χ2v) is 2.95. The lowest BCUT2D eigenvalue weighted by molar-refractivity contribution is -0.105. The van der Waals surface area contributed by atoms with Crippen molar-refractivity contribution in [3.63, 3.8) is 0 Å². The number of nitrogens with zero attached hydrogens (tertiary/aromatic N) is 3. The van der Waals surface area contributed by atoms with Gasteiger partial charge in [-0.3, -0.25) is 4.79 Å². The molecule has 66 valence electrons. The number of allylic oxidation sites excluding steroid dienone is 1. The smallest absolute Gasteiger partial charge is 0.229 e. The van der Waals surface area contributed by atoms with Gasteiger partial charge < -0.3 is 4.90 Å². The molecule has 0 aliphatic carbocycles. The van der Waals surface area contributed by atoms with E-state index in [1.807, 2.05) is 24.1 Å². The van der Waals surface area contributed by atoms with Gasteiger partial charge >= 0.3 is 0 Å². The molecule has 0 atom stereocenters. The normalized spacial score (nSPS) is 20.1. The van der Waals surface area contributed by atoms with Gasteiger partial charge in [-0.2, -0.15) is 0 Å². The Kier molecular flexibility index (Phi) is 1.81. The molecule has 0 bridgehead atoms. The van der Waals surface area contributed by atoms with E-state index in [1.54, 1.807) is 6.20 Å². The third kappa shape index (κ3) is 1.42. The number of carbonyl (C=O) groups excluding carboxylic acids is 1. The van der Waals surface area contributed by atoms with Crippen LogP contribution in [0.3, 0.4) is 0 Å². The van der Waals surface area contributed by atoms with Crippen LogP contribution in [0.4, 0.5) is 0 Å². The third-order valence-corrected chi connectivity index (χ3v) is 1.88. The Morgan fingerprint density at radius 1 is 1.62 bits per heavy atom. The lowest BCUT2D eigenvalue weighted by Gasteiger charge is -2.24. The fourth-order valence-corrected chi connectivity index (χ4v) is 1.20. The molecular formula is C9H9N3O.